The SMILES string of the molecule is COc1ccc(CCCNC(C)C(O)c2ccc(OCc3ccccc3)c(C)c2)cc1OC. The number of methoxy groups -OCH3 is 2. The van der Waals surface area contributed by atoms with Crippen molar-refractivity contribution in [2.75, 3.05) is 20.8 Å². The van der Waals surface area contributed by atoms with Crippen molar-refractivity contribution in [1.29, 1.82) is 0 Å². The summed E-state index contributed by atoms with van der Waals surface area (Å²) in [5.74, 6) is 2.33. The average Bonchev–Trinajstić information content (AvgIpc) is 2.85. The van der Waals surface area contributed by atoms with Gasteiger partial charge in [0.15, 0.2) is 11.5 Å². The van der Waals surface area contributed by atoms with Gasteiger partial charge >= 0.3 is 0 Å². The van der Waals surface area contributed by atoms with Gasteiger partial charge in [0.2, 0.25) is 0 Å². The third kappa shape index (κ3) is 6.98. The Morgan fingerprint density at radius 3 is 2.27 bits per heavy atom. The Morgan fingerprint density at radius 1 is 0.848 bits per heavy atom. The maximum absolute atomic E-state index is 10.8. The van der Waals surface area contributed by atoms with Crippen molar-refractivity contribution in [3.8, 4) is 17.2 Å². The summed E-state index contributed by atoms with van der Waals surface area (Å²) in [4.78, 5) is 0. The average molecular weight is 450 g/mol. The zero-order valence-electron chi connectivity index (χ0n) is 20.0. The van der Waals surface area contributed by atoms with E-state index >= 15 is 0 Å². The van der Waals surface area contributed by atoms with Gasteiger partial charge in [0.1, 0.15) is 12.4 Å². The maximum Gasteiger partial charge on any atom is 0.160 e. The van der Waals surface area contributed by atoms with Crippen LogP contribution in [0.3, 0.4) is 0 Å². The number of ether oxygens (including phenoxy) is 3. The Balaban J connectivity index is 1.47. The number of hydrogen-bond acceptors (Lipinski definition) is 5. The summed E-state index contributed by atoms with van der Waals surface area (Å²) >= 11 is 0. The van der Waals surface area contributed by atoms with Crippen LogP contribution in [0.2, 0.25) is 0 Å². The molecule has 0 bridgehead atoms. The van der Waals surface area contributed by atoms with Gasteiger partial charge in [-0.1, -0.05) is 42.5 Å². The van der Waals surface area contributed by atoms with Crippen LogP contribution in [-0.4, -0.2) is 31.9 Å². The number of aryl methyl sites for hydroxylation is 2. The second-order valence-corrected chi connectivity index (χ2v) is 8.28. The van der Waals surface area contributed by atoms with Gasteiger partial charge in [-0.3, -0.25) is 0 Å². The molecule has 0 radical (unpaired) electrons. The maximum atomic E-state index is 10.8. The Labute approximate surface area is 197 Å². The number of aliphatic hydroxyl groups excluding tert-OH is 1. The first-order chi connectivity index (χ1) is 16.0. The highest BCUT2D eigenvalue weighted by atomic mass is 16.5. The summed E-state index contributed by atoms with van der Waals surface area (Å²) in [5, 5.41) is 14.3. The highest BCUT2D eigenvalue weighted by Crippen LogP contribution is 2.28. The quantitative estimate of drug-likeness (QED) is 0.371. The number of hydrogen-bond donors (Lipinski definition) is 2. The van der Waals surface area contributed by atoms with Crippen LogP contribution in [0.1, 0.15) is 41.7 Å². The molecule has 3 rings (SSSR count). The van der Waals surface area contributed by atoms with E-state index in [2.05, 4.69) is 11.4 Å². The number of rotatable bonds is 12. The smallest absolute Gasteiger partial charge is 0.160 e. The second kappa shape index (κ2) is 12.3. The molecule has 176 valence electrons. The number of benzene rings is 3. The van der Waals surface area contributed by atoms with Crippen LogP contribution >= 0.6 is 0 Å². The molecule has 0 aliphatic heterocycles. The van der Waals surface area contributed by atoms with E-state index < -0.39 is 6.10 Å². The summed E-state index contributed by atoms with van der Waals surface area (Å²) in [6.45, 7) is 5.36. The van der Waals surface area contributed by atoms with E-state index in [4.69, 9.17) is 14.2 Å². The van der Waals surface area contributed by atoms with Crippen LogP contribution in [0.4, 0.5) is 0 Å². The fourth-order valence-electron chi connectivity index (χ4n) is 3.81. The van der Waals surface area contributed by atoms with Crippen molar-refractivity contribution in [2.45, 2.75) is 45.4 Å². The first-order valence-electron chi connectivity index (χ1n) is 11.4. The van der Waals surface area contributed by atoms with Gasteiger partial charge < -0.3 is 24.6 Å². The summed E-state index contributed by atoms with van der Waals surface area (Å²) in [6.07, 6.45) is 1.29. The molecule has 0 aliphatic rings. The number of nitrogens with one attached hydrogen (secondary N) is 1. The Hall–Kier alpha value is -3.02. The van der Waals surface area contributed by atoms with Crippen LogP contribution in [0, 0.1) is 6.92 Å². The third-order valence-corrected chi connectivity index (χ3v) is 5.81. The van der Waals surface area contributed by atoms with Gasteiger partial charge in [-0.2, -0.15) is 0 Å². The molecule has 0 saturated carbocycles. The molecular formula is C28H35NO4. The van der Waals surface area contributed by atoms with Gasteiger partial charge in [0.25, 0.3) is 0 Å². The monoisotopic (exact) mass is 449 g/mol. The predicted molar refractivity (Wildman–Crippen MR) is 132 cm³/mol. The van der Waals surface area contributed by atoms with Crippen LogP contribution < -0.4 is 19.5 Å². The molecule has 2 atom stereocenters. The van der Waals surface area contributed by atoms with Crippen molar-refractivity contribution >= 4 is 0 Å². The summed E-state index contributed by atoms with van der Waals surface area (Å²) in [6, 6.07) is 21.9. The van der Waals surface area contributed by atoms with Crippen LogP contribution in [0.15, 0.2) is 66.7 Å². The van der Waals surface area contributed by atoms with E-state index in [1.807, 2.05) is 74.5 Å². The minimum Gasteiger partial charge on any atom is -0.493 e. The molecule has 3 aromatic rings. The standard InChI is InChI=1S/C28H35NO4/c1-20-17-24(13-15-25(20)33-19-23-9-6-5-7-10-23)28(30)21(2)29-16-8-11-22-12-14-26(31-3)27(18-22)32-4/h5-7,9-10,12-15,17-18,21,28-30H,8,11,16,19H2,1-4H3. The van der Waals surface area contributed by atoms with E-state index in [1.165, 1.54) is 5.56 Å². The first-order valence-corrected chi connectivity index (χ1v) is 11.4. The molecule has 5 heteroatoms. The Bertz CT molecular complexity index is 1010. The topological polar surface area (TPSA) is 60.0 Å². The second-order valence-electron chi connectivity index (χ2n) is 8.28. The van der Waals surface area contributed by atoms with E-state index in [9.17, 15) is 5.11 Å². The van der Waals surface area contributed by atoms with Gasteiger partial charge in [-0.15, -0.1) is 0 Å². The minimum atomic E-state index is -0.590. The van der Waals surface area contributed by atoms with Crippen molar-refractivity contribution in [1.82, 2.24) is 5.32 Å². The molecule has 0 saturated heterocycles. The van der Waals surface area contributed by atoms with E-state index in [1.54, 1.807) is 14.2 Å². The largest absolute Gasteiger partial charge is 0.493 e. The van der Waals surface area contributed by atoms with Gasteiger partial charge in [0, 0.05) is 6.04 Å². The molecule has 5 nitrogen and oxygen atoms in total. The molecule has 2 N–H and O–H groups in total. The van der Waals surface area contributed by atoms with Crippen molar-refractivity contribution in [3.63, 3.8) is 0 Å². The zero-order chi connectivity index (χ0) is 23.6. The summed E-state index contributed by atoms with van der Waals surface area (Å²) in [7, 11) is 3.29. The van der Waals surface area contributed by atoms with Crippen LogP contribution in [0.25, 0.3) is 0 Å². The molecule has 0 aromatic heterocycles. The van der Waals surface area contributed by atoms with Crippen LogP contribution in [-0.2, 0) is 13.0 Å². The molecule has 0 heterocycles. The third-order valence-electron chi connectivity index (χ3n) is 5.81. The van der Waals surface area contributed by atoms with Gasteiger partial charge in [-0.05, 0) is 79.8 Å². The molecule has 0 amide bonds. The van der Waals surface area contributed by atoms with E-state index in [0.717, 1.165) is 53.3 Å². The summed E-state index contributed by atoms with van der Waals surface area (Å²) < 4.78 is 16.6. The van der Waals surface area contributed by atoms with E-state index in [-0.39, 0.29) is 6.04 Å². The first kappa shape index (κ1) is 24.6. The lowest BCUT2D eigenvalue weighted by atomic mass is 10.0. The molecule has 0 spiro atoms. The zero-order valence-corrected chi connectivity index (χ0v) is 20.0. The lowest BCUT2D eigenvalue weighted by Gasteiger charge is -2.22. The number of aliphatic hydroxyl groups is 1. The predicted octanol–water partition coefficient (Wildman–Crippen LogP) is 5.24. The van der Waals surface area contributed by atoms with Crippen molar-refractivity contribution in [3.05, 3.63) is 89.0 Å². The molecule has 3 aromatic carbocycles. The van der Waals surface area contributed by atoms with Gasteiger partial charge in [-0.25, -0.2) is 0 Å². The highest BCUT2D eigenvalue weighted by Gasteiger charge is 2.17. The Morgan fingerprint density at radius 2 is 1.58 bits per heavy atom. The molecule has 0 aliphatic carbocycles. The van der Waals surface area contributed by atoms with Crippen molar-refractivity contribution in [2.24, 2.45) is 0 Å². The summed E-state index contributed by atoms with van der Waals surface area (Å²) in [5.41, 5.74) is 4.24. The lowest BCUT2D eigenvalue weighted by molar-refractivity contribution is 0.136. The molecular weight excluding hydrogens is 414 g/mol. The highest BCUT2D eigenvalue weighted by molar-refractivity contribution is 5.43. The molecule has 2 unspecified atom stereocenters. The fourth-order valence-corrected chi connectivity index (χ4v) is 3.81. The van der Waals surface area contributed by atoms with E-state index in [0.29, 0.717) is 6.61 Å². The molecule has 33 heavy (non-hydrogen) atoms. The molecule has 0 fully saturated rings. The lowest BCUT2D eigenvalue weighted by Crippen LogP contribution is -2.33. The minimum absolute atomic E-state index is 0.0640. The normalized spacial score (nSPS) is 12.8. The Kier molecular flexibility index (Phi) is 9.16. The van der Waals surface area contributed by atoms with Crippen LogP contribution in [0.5, 0.6) is 17.2 Å². The van der Waals surface area contributed by atoms with Crippen molar-refractivity contribution < 1.29 is 19.3 Å². The van der Waals surface area contributed by atoms with Gasteiger partial charge in [0.05, 0.1) is 20.3 Å². The fraction of sp³-hybridized carbons (Fsp3) is 0.357.